The van der Waals surface area contributed by atoms with Crippen LogP contribution in [0.25, 0.3) is 22.4 Å². The summed E-state index contributed by atoms with van der Waals surface area (Å²) in [6.07, 6.45) is -7.86. The second kappa shape index (κ2) is 8.05. The molecule has 0 atom stereocenters. The van der Waals surface area contributed by atoms with Crippen molar-refractivity contribution in [1.82, 2.24) is 4.98 Å². The fourth-order valence-corrected chi connectivity index (χ4v) is 2.65. The highest BCUT2D eigenvalue weighted by molar-refractivity contribution is 5.86. The SMILES string of the molecule is O=Cc1cnc(-c2ccc(OC(F)(F)F)cc2)c(-c2ccc(OC(F)(F)F)cc2)c1. The van der Waals surface area contributed by atoms with Crippen LogP contribution in [0.5, 0.6) is 11.5 Å². The van der Waals surface area contributed by atoms with Gasteiger partial charge < -0.3 is 9.47 Å². The molecule has 0 saturated carbocycles. The maximum Gasteiger partial charge on any atom is 0.573 e. The van der Waals surface area contributed by atoms with E-state index in [0.717, 1.165) is 24.3 Å². The summed E-state index contributed by atoms with van der Waals surface area (Å²) in [4.78, 5) is 15.3. The minimum Gasteiger partial charge on any atom is -0.406 e. The first-order chi connectivity index (χ1) is 14.0. The Morgan fingerprint density at radius 1 is 0.733 bits per heavy atom. The monoisotopic (exact) mass is 427 g/mol. The Kier molecular flexibility index (Phi) is 5.68. The maximum absolute atomic E-state index is 12.3. The van der Waals surface area contributed by atoms with Crippen LogP contribution in [0.15, 0.2) is 60.8 Å². The lowest BCUT2D eigenvalue weighted by atomic mass is 9.98. The number of benzene rings is 2. The number of rotatable bonds is 5. The van der Waals surface area contributed by atoms with Crippen molar-refractivity contribution >= 4 is 6.29 Å². The summed E-state index contributed by atoms with van der Waals surface area (Å²) in [7, 11) is 0. The highest BCUT2D eigenvalue weighted by Crippen LogP contribution is 2.34. The first-order valence-corrected chi connectivity index (χ1v) is 8.22. The van der Waals surface area contributed by atoms with Gasteiger partial charge in [0.05, 0.1) is 5.69 Å². The smallest absolute Gasteiger partial charge is 0.406 e. The van der Waals surface area contributed by atoms with Crippen molar-refractivity contribution in [3.63, 3.8) is 0 Å². The lowest BCUT2D eigenvalue weighted by molar-refractivity contribution is -0.275. The van der Waals surface area contributed by atoms with Gasteiger partial charge in [-0.05, 0) is 48.0 Å². The number of carbonyl (C=O) groups excluding carboxylic acids is 1. The predicted octanol–water partition coefficient (Wildman–Crippen LogP) is 6.03. The number of alkyl halides is 6. The van der Waals surface area contributed by atoms with E-state index >= 15 is 0 Å². The first kappa shape index (κ1) is 21.2. The van der Waals surface area contributed by atoms with Gasteiger partial charge in [-0.2, -0.15) is 0 Å². The van der Waals surface area contributed by atoms with Gasteiger partial charge in [0.15, 0.2) is 6.29 Å². The predicted molar refractivity (Wildman–Crippen MR) is 93.9 cm³/mol. The lowest BCUT2D eigenvalue weighted by Gasteiger charge is -2.13. The van der Waals surface area contributed by atoms with Gasteiger partial charge in [-0.25, -0.2) is 0 Å². The fourth-order valence-electron chi connectivity index (χ4n) is 2.65. The summed E-state index contributed by atoms with van der Waals surface area (Å²) in [5, 5.41) is 0. The molecule has 156 valence electrons. The molecular formula is C20H11F6NO3. The van der Waals surface area contributed by atoms with Crippen molar-refractivity contribution in [3.8, 4) is 33.9 Å². The molecule has 0 spiro atoms. The molecule has 1 heterocycles. The molecule has 0 bridgehead atoms. The summed E-state index contributed by atoms with van der Waals surface area (Å²) in [6.45, 7) is 0. The van der Waals surface area contributed by atoms with Crippen LogP contribution >= 0.6 is 0 Å². The molecule has 0 aliphatic heterocycles. The summed E-state index contributed by atoms with van der Waals surface area (Å²) in [5.41, 5.74) is 1.74. The summed E-state index contributed by atoms with van der Waals surface area (Å²) < 4.78 is 81.6. The van der Waals surface area contributed by atoms with Crippen LogP contribution in [0, 0.1) is 0 Å². The highest BCUT2D eigenvalue weighted by atomic mass is 19.4. The number of carbonyl (C=O) groups is 1. The van der Waals surface area contributed by atoms with Crippen LogP contribution in [-0.4, -0.2) is 24.0 Å². The number of ether oxygens (including phenoxy) is 2. The van der Waals surface area contributed by atoms with Gasteiger partial charge in [-0.3, -0.25) is 9.78 Å². The minimum absolute atomic E-state index is 0.210. The van der Waals surface area contributed by atoms with Gasteiger partial charge in [0.1, 0.15) is 11.5 Å². The molecule has 0 aliphatic rings. The first-order valence-electron chi connectivity index (χ1n) is 8.22. The molecule has 10 heteroatoms. The van der Waals surface area contributed by atoms with Crippen LogP contribution in [0.2, 0.25) is 0 Å². The van der Waals surface area contributed by atoms with Gasteiger partial charge in [0.25, 0.3) is 0 Å². The molecule has 3 aromatic rings. The Morgan fingerprint density at radius 2 is 1.20 bits per heavy atom. The highest BCUT2D eigenvalue weighted by Gasteiger charge is 2.31. The van der Waals surface area contributed by atoms with Crippen LogP contribution in [0.1, 0.15) is 10.4 Å². The van der Waals surface area contributed by atoms with Gasteiger partial charge in [-0.15, -0.1) is 26.3 Å². The minimum atomic E-state index is -4.84. The Bertz CT molecular complexity index is 1030. The Morgan fingerprint density at radius 3 is 1.63 bits per heavy atom. The molecular weight excluding hydrogens is 416 g/mol. The van der Waals surface area contributed by atoms with E-state index in [1.165, 1.54) is 36.5 Å². The lowest BCUT2D eigenvalue weighted by Crippen LogP contribution is -2.17. The zero-order valence-corrected chi connectivity index (χ0v) is 14.8. The normalized spacial score (nSPS) is 11.8. The molecule has 0 saturated heterocycles. The maximum atomic E-state index is 12.3. The van der Waals surface area contributed by atoms with E-state index in [9.17, 15) is 31.1 Å². The van der Waals surface area contributed by atoms with E-state index in [1.807, 2.05) is 0 Å². The molecule has 0 amide bonds. The standard InChI is InChI=1S/C20H11F6NO3/c21-19(22,23)29-15-5-1-13(2-6-15)17-9-12(11-28)10-27-18(17)14-3-7-16(8-4-14)30-20(24,25)26/h1-11H. The largest absolute Gasteiger partial charge is 0.573 e. The number of aldehydes is 1. The Balaban J connectivity index is 1.98. The van der Waals surface area contributed by atoms with Crippen molar-refractivity contribution in [2.45, 2.75) is 12.7 Å². The van der Waals surface area contributed by atoms with E-state index in [1.54, 1.807) is 0 Å². The summed E-state index contributed by atoms with van der Waals surface area (Å²) >= 11 is 0. The topological polar surface area (TPSA) is 48.4 Å². The number of nitrogens with zero attached hydrogens (tertiary/aromatic N) is 1. The molecule has 3 rings (SSSR count). The van der Waals surface area contributed by atoms with Crippen molar-refractivity contribution in [2.24, 2.45) is 0 Å². The quantitative estimate of drug-likeness (QED) is 0.369. The zero-order chi connectivity index (χ0) is 21.9. The van der Waals surface area contributed by atoms with E-state index in [2.05, 4.69) is 14.5 Å². The molecule has 4 nitrogen and oxygen atoms in total. The van der Waals surface area contributed by atoms with E-state index in [4.69, 9.17) is 0 Å². The van der Waals surface area contributed by atoms with Crippen LogP contribution in [0.4, 0.5) is 26.3 Å². The third kappa shape index (κ3) is 5.49. The molecule has 0 fully saturated rings. The summed E-state index contributed by atoms with van der Waals surface area (Å²) in [6, 6.07) is 11.2. The van der Waals surface area contributed by atoms with Gasteiger partial charge in [0, 0.05) is 22.9 Å². The molecule has 0 aliphatic carbocycles. The van der Waals surface area contributed by atoms with Gasteiger partial charge >= 0.3 is 12.7 Å². The third-order valence-corrected chi connectivity index (χ3v) is 3.81. The second-order valence-electron chi connectivity index (χ2n) is 5.93. The average Bonchev–Trinajstić information content (AvgIpc) is 2.66. The number of hydrogen-bond acceptors (Lipinski definition) is 4. The number of aromatic nitrogens is 1. The van der Waals surface area contributed by atoms with E-state index < -0.39 is 24.2 Å². The van der Waals surface area contributed by atoms with Crippen LogP contribution < -0.4 is 9.47 Å². The Labute approximate surface area is 165 Å². The molecule has 2 aromatic carbocycles. The summed E-state index contributed by atoms with van der Waals surface area (Å²) in [5.74, 6) is -0.855. The van der Waals surface area contributed by atoms with E-state index in [0.29, 0.717) is 28.7 Å². The van der Waals surface area contributed by atoms with E-state index in [-0.39, 0.29) is 5.56 Å². The van der Waals surface area contributed by atoms with Gasteiger partial charge in [-0.1, -0.05) is 12.1 Å². The van der Waals surface area contributed by atoms with Crippen molar-refractivity contribution < 1.29 is 40.6 Å². The molecule has 0 radical (unpaired) electrons. The van der Waals surface area contributed by atoms with Crippen LogP contribution in [0.3, 0.4) is 0 Å². The third-order valence-electron chi connectivity index (χ3n) is 3.81. The molecule has 1 aromatic heterocycles. The van der Waals surface area contributed by atoms with Crippen molar-refractivity contribution in [1.29, 1.82) is 0 Å². The van der Waals surface area contributed by atoms with Crippen LogP contribution in [-0.2, 0) is 0 Å². The fraction of sp³-hybridized carbons (Fsp3) is 0.100. The number of hydrogen-bond donors (Lipinski definition) is 0. The molecule has 30 heavy (non-hydrogen) atoms. The number of pyridine rings is 1. The molecule has 0 unspecified atom stereocenters. The van der Waals surface area contributed by atoms with Gasteiger partial charge in [0.2, 0.25) is 0 Å². The second-order valence-corrected chi connectivity index (χ2v) is 5.93. The van der Waals surface area contributed by atoms with Crippen molar-refractivity contribution in [3.05, 3.63) is 66.4 Å². The average molecular weight is 427 g/mol. The van der Waals surface area contributed by atoms with Crippen molar-refractivity contribution in [2.75, 3.05) is 0 Å². The number of halogens is 6. The molecule has 0 N–H and O–H groups in total. The Hall–Kier alpha value is -3.56. The zero-order valence-electron chi connectivity index (χ0n) is 14.8.